The summed E-state index contributed by atoms with van der Waals surface area (Å²) < 4.78 is 0. The quantitative estimate of drug-likeness (QED) is 0.672. The average Bonchev–Trinajstić information content (AvgIpc) is 2.94. The maximum atomic E-state index is 11.8. The van der Waals surface area contributed by atoms with E-state index in [2.05, 4.69) is 25.5 Å². The van der Waals surface area contributed by atoms with Gasteiger partial charge in [-0.05, 0) is 17.7 Å². The van der Waals surface area contributed by atoms with E-state index >= 15 is 0 Å². The molecule has 21 heavy (non-hydrogen) atoms. The number of rotatable bonds is 4. The van der Waals surface area contributed by atoms with Crippen LogP contribution in [0.15, 0.2) is 35.3 Å². The molecule has 0 unspecified atom stereocenters. The van der Waals surface area contributed by atoms with Gasteiger partial charge in [-0.3, -0.25) is 14.9 Å². The van der Waals surface area contributed by atoms with Crippen LogP contribution in [0.1, 0.15) is 5.56 Å². The Kier molecular flexibility index (Phi) is 3.31. The molecule has 0 bridgehead atoms. The van der Waals surface area contributed by atoms with Crippen molar-refractivity contribution in [2.24, 2.45) is 0 Å². The van der Waals surface area contributed by atoms with Crippen molar-refractivity contribution in [3.63, 3.8) is 0 Å². The standard InChI is InChI=1S/C14H16N6O/c1-20(2)10-5-3-9(4-6-10)7-15-14-17-12-11(8-16-19-12)13(21)18-14/h3-6,8H,7H2,1-2H3,(H3,15,16,17,18,19,21). The molecule has 0 amide bonds. The van der Waals surface area contributed by atoms with Gasteiger partial charge in [0.05, 0.1) is 6.20 Å². The molecule has 7 heteroatoms. The van der Waals surface area contributed by atoms with Crippen molar-refractivity contribution in [3.05, 3.63) is 46.4 Å². The lowest BCUT2D eigenvalue weighted by atomic mass is 10.2. The van der Waals surface area contributed by atoms with Gasteiger partial charge in [0.1, 0.15) is 5.39 Å². The van der Waals surface area contributed by atoms with Gasteiger partial charge in [-0.15, -0.1) is 0 Å². The van der Waals surface area contributed by atoms with E-state index in [1.54, 1.807) is 0 Å². The van der Waals surface area contributed by atoms with Gasteiger partial charge in [0, 0.05) is 26.3 Å². The van der Waals surface area contributed by atoms with Crippen LogP contribution in [0.25, 0.3) is 11.0 Å². The van der Waals surface area contributed by atoms with E-state index in [4.69, 9.17) is 0 Å². The first-order valence-electron chi connectivity index (χ1n) is 6.57. The minimum Gasteiger partial charge on any atom is -0.378 e. The summed E-state index contributed by atoms with van der Waals surface area (Å²) >= 11 is 0. The summed E-state index contributed by atoms with van der Waals surface area (Å²) in [6.07, 6.45) is 1.46. The van der Waals surface area contributed by atoms with Crippen LogP contribution in [0.4, 0.5) is 11.6 Å². The van der Waals surface area contributed by atoms with Crippen LogP contribution in [0.3, 0.4) is 0 Å². The van der Waals surface area contributed by atoms with Gasteiger partial charge in [0.2, 0.25) is 5.95 Å². The highest BCUT2D eigenvalue weighted by Gasteiger charge is 2.05. The molecule has 3 N–H and O–H groups in total. The Balaban J connectivity index is 1.75. The van der Waals surface area contributed by atoms with Crippen molar-refractivity contribution >= 4 is 22.7 Å². The first-order valence-corrected chi connectivity index (χ1v) is 6.57. The third kappa shape index (κ3) is 2.71. The van der Waals surface area contributed by atoms with Crippen LogP contribution >= 0.6 is 0 Å². The summed E-state index contributed by atoms with van der Waals surface area (Å²) in [5, 5.41) is 10.1. The van der Waals surface area contributed by atoms with Crippen molar-refractivity contribution in [3.8, 4) is 0 Å². The SMILES string of the molecule is CN(C)c1ccc(CNc2nc3[nH]ncc3c(=O)[nH]2)cc1. The zero-order chi connectivity index (χ0) is 14.8. The minimum atomic E-state index is -0.209. The van der Waals surface area contributed by atoms with Crippen LogP contribution in [0.2, 0.25) is 0 Å². The lowest BCUT2D eigenvalue weighted by Crippen LogP contribution is -2.13. The van der Waals surface area contributed by atoms with Crippen LogP contribution in [-0.4, -0.2) is 34.3 Å². The highest BCUT2D eigenvalue weighted by Crippen LogP contribution is 2.13. The van der Waals surface area contributed by atoms with Crippen molar-refractivity contribution in [2.45, 2.75) is 6.54 Å². The summed E-state index contributed by atoms with van der Waals surface area (Å²) in [7, 11) is 4.00. The molecule has 108 valence electrons. The topological polar surface area (TPSA) is 89.7 Å². The number of aromatic nitrogens is 4. The lowest BCUT2D eigenvalue weighted by molar-refractivity contribution is 1.04. The normalized spacial score (nSPS) is 10.8. The van der Waals surface area contributed by atoms with E-state index in [-0.39, 0.29) is 5.56 Å². The second-order valence-corrected chi connectivity index (χ2v) is 4.96. The first kappa shape index (κ1) is 13.2. The average molecular weight is 284 g/mol. The summed E-state index contributed by atoms with van der Waals surface area (Å²) in [5.74, 6) is 0.424. The fourth-order valence-corrected chi connectivity index (χ4v) is 2.03. The number of nitrogens with one attached hydrogen (secondary N) is 3. The predicted octanol–water partition coefficient (Wildman–Crippen LogP) is 1.32. The Morgan fingerprint density at radius 3 is 2.71 bits per heavy atom. The number of nitrogens with zero attached hydrogens (tertiary/aromatic N) is 3. The third-order valence-corrected chi connectivity index (χ3v) is 3.23. The van der Waals surface area contributed by atoms with Gasteiger partial charge in [-0.1, -0.05) is 12.1 Å². The number of fused-ring (bicyclic) bond motifs is 1. The molecule has 0 saturated heterocycles. The van der Waals surface area contributed by atoms with E-state index in [1.807, 2.05) is 43.3 Å². The van der Waals surface area contributed by atoms with Crippen LogP contribution in [0.5, 0.6) is 0 Å². The highest BCUT2D eigenvalue weighted by atomic mass is 16.1. The Hall–Kier alpha value is -2.83. The van der Waals surface area contributed by atoms with Crippen molar-refractivity contribution in [1.29, 1.82) is 0 Å². The highest BCUT2D eigenvalue weighted by molar-refractivity contribution is 5.73. The Labute approximate surface area is 121 Å². The number of hydrogen-bond acceptors (Lipinski definition) is 5. The van der Waals surface area contributed by atoms with E-state index in [0.717, 1.165) is 11.3 Å². The molecule has 1 aromatic carbocycles. The molecule has 0 saturated carbocycles. The molecule has 0 aliphatic carbocycles. The fraction of sp³-hybridized carbons (Fsp3) is 0.214. The van der Waals surface area contributed by atoms with Crippen molar-refractivity contribution in [1.82, 2.24) is 20.2 Å². The molecule has 0 aliphatic rings. The first-order chi connectivity index (χ1) is 10.1. The zero-order valence-corrected chi connectivity index (χ0v) is 11.8. The largest absolute Gasteiger partial charge is 0.378 e. The second-order valence-electron chi connectivity index (χ2n) is 4.96. The van der Waals surface area contributed by atoms with E-state index in [9.17, 15) is 4.79 Å². The smallest absolute Gasteiger partial charge is 0.263 e. The third-order valence-electron chi connectivity index (χ3n) is 3.23. The number of H-pyrrole nitrogens is 2. The van der Waals surface area contributed by atoms with Crippen LogP contribution in [-0.2, 0) is 6.54 Å². The molecule has 0 atom stereocenters. The molecule has 2 heterocycles. The molecular weight excluding hydrogens is 268 g/mol. The predicted molar refractivity (Wildman–Crippen MR) is 82.6 cm³/mol. The second kappa shape index (κ2) is 5.28. The van der Waals surface area contributed by atoms with E-state index in [0.29, 0.717) is 23.5 Å². The molecule has 0 radical (unpaired) electrons. The van der Waals surface area contributed by atoms with Crippen LogP contribution < -0.4 is 15.8 Å². The molecule has 0 spiro atoms. The van der Waals surface area contributed by atoms with Gasteiger partial charge in [-0.25, -0.2) is 0 Å². The molecule has 0 fully saturated rings. The molecule has 3 aromatic rings. The van der Waals surface area contributed by atoms with E-state index in [1.165, 1.54) is 6.20 Å². The van der Waals surface area contributed by atoms with Gasteiger partial charge in [-0.2, -0.15) is 10.1 Å². The van der Waals surface area contributed by atoms with Gasteiger partial charge in [0.15, 0.2) is 5.65 Å². The number of anilines is 2. The summed E-state index contributed by atoms with van der Waals surface area (Å²) in [6.45, 7) is 0.580. The zero-order valence-electron chi connectivity index (χ0n) is 11.8. The fourth-order valence-electron chi connectivity index (χ4n) is 2.03. The number of aromatic amines is 2. The maximum Gasteiger partial charge on any atom is 0.263 e. The van der Waals surface area contributed by atoms with Crippen LogP contribution in [0, 0.1) is 0 Å². The van der Waals surface area contributed by atoms with Gasteiger partial charge >= 0.3 is 0 Å². The molecule has 0 aliphatic heterocycles. The Morgan fingerprint density at radius 1 is 1.24 bits per heavy atom. The minimum absolute atomic E-state index is 0.209. The summed E-state index contributed by atoms with van der Waals surface area (Å²) in [6, 6.07) is 8.17. The molecular formula is C14H16N6O. The maximum absolute atomic E-state index is 11.8. The Bertz CT molecular complexity index is 802. The van der Waals surface area contributed by atoms with Gasteiger partial charge in [0.25, 0.3) is 5.56 Å². The van der Waals surface area contributed by atoms with Gasteiger partial charge < -0.3 is 10.2 Å². The Morgan fingerprint density at radius 2 is 2.00 bits per heavy atom. The summed E-state index contributed by atoms with van der Waals surface area (Å²) in [5.41, 5.74) is 2.51. The molecule has 7 nitrogen and oxygen atoms in total. The number of benzene rings is 1. The monoisotopic (exact) mass is 284 g/mol. The van der Waals surface area contributed by atoms with Crippen molar-refractivity contribution in [2.75, 3.05) is 24.3 Å². The number of hydrogen-bond donors (Lipinski definition) is 3. The van der Waals surface area contributed by atoms with Crippen molar-refractivity contribution < 1.29 is 0 Å². The summed E-state index contributed by atoms with van der Waals surface area (Å²) in [4.78, 5) is 20.8. The molecule has 2 aromatic heterocycles. The van der Waals surface area contributed by atoms with E-state index < -0.39 is 0 Å². The molecule has 3 rings (SSSR count). The lowest BCUT2D eigenvalue weighted by Gasteiger charge is -2.13.